The summed E-state index contributed by atoms with van der Waals surface area (Å²) in [4.78, 5) is 13.5. The first-order valence-electron chi connectivity index (χ1n) is 7.67. The molecule has 1 aromatic carbocycles. The molecular weight excluding hydrogens is 266 g/mol. The maximum atomic E-state index is 11.2. The van der Waals surface area contributed by atoms with Crippen molar-refractivity contribution in [2.45, 2.75) is 38.6 Å². The van der Waals surface area contributed by atoms with E-state index in [0.717, 1.165) is 25.3 Å². The van der Waals surface area contributed by atoms with E-state index in [2.05, 4.69) is 11.8 Å². The molecule has 1 fully saturated rings. The van der Waals surface area contributed by atoms with Crippen LogP contribution in [0.5, 0.6) is 5.75 Å². The van der Waals surface area contributed by atoms with Crippen LogP contribution in [-0.4, -0.2) is 42.2 Å². The summed E-state index contributed by atoms with van der Waals surface area (Å²) in [7, 11) is 1.65. The molecule has 0 bridgehead atoms. The van der Waals surface area contributed by atoms with Gasteiger partial charge in [0.05, 0.1) is 13.5 Å². The summed E-state index contributed by atoms with van der Waals surface area (Å²) in [5.74, 6) is 0.776. The lowest BCUT2D eigenvalue weighted by Crippen LogP contribution is -2.44. The Morgan fingerprint density at radius 1 is 1.43 bits per heavy atom. The Balaban J connectivity index is 2.05. The van der Waals surface area contributed by atoms with Crippen molar-refractivity contribution in [1.82, 2.24) is 4.90 Å². The fraction of sp³-hybridized carbons (Fsp3) is 0.588. The second-order valence-electron chi connectivity index (χ2n) is 6.05. The number of aliphatic carboxylic acids is 1. The fourth-order valence-corrected chi connectivity index (χ4v) is 3.12. The van der Waals surface area contributed by atoms with E-state index in [9.17, 15) is 9.90 Å². The van der Waals surface area contributed by atoms with Crippen molar-refractivity contribution in [3.05, 3.63) is 29.8 Å². The minimum absolute atomic E-state index is 0.0821. The van der Waals surface area contributed by atoms with Crippen molar-refractivity contribution in [1.29, 1.82) is 0 Å². The van der Waals surface area contributed by atoms with Gasteiger partial charge in [-0.3, -0.25) is 9.69 Å². The summed E-state index contributed by atoms with van der Waals surface area (Å²) >= 11 is 0. The van der Waals surface area contributed by atoms with E-state index in [-0.39, 0.29) is 12.5 Å². The summed E-state index contributed by atoms with van der Waals surface area (Å²) < 4.78 is 5.16. The van der Waals surface area contributed by atoms with Crippen LogP contribution in [0.1, 0.15) is 31.7 Å². The number of hydrogen-bond acceptors (Lipinski definition) is 3. The smallest absolute Gasteiger partial charge is 0.304 e. The third kappa shape index (κ3) is 4.74. The Labute approximate surface area is 126 Å². The third-order valence-corrected chi connectivity index (χ3v) is 4.25. The van der Waals surface area contributed by atoms with Gasteiger partial charge in [-0.2, -0.15) is 0 Å². The zero-order chi connectivity index (χ0) is 15.2. The second kappa shape index (κ2) is 7.46. The fourth-order valence-electron chi connectivity index (χ4n) is 3.12. The Bertz CT molecular complexity index is 458. The predicted molar refractivity (Wildman–Crippen MR) is 82.7 cm³/mol. The molecule has 0 aromatic heterocycles. The van der Waals surface area contributed by atoms with Crippen molar-refractivity contribution < 1.29 is 14.6 Å². The summed E-state index contributed by atoms with van der Waals surface area (Å²) in [6.45, 7) is 4.27. The summed E-state index contributed by atoms with van der Waals surface area (Å²) in [6.07, 6.45) is 3.40. The zero-order valence-electron chi connectivity index (χ0n) is 12.9. The SMILES string of the molecule is COc1ccc(CC(CC(=O)O)N2CCCC(C)C2)cc1. The van der Waals surface area contributed by atoms with E-state index in [4.69, 9.17) is 4.74 Å². The van der Waals surface area contributed by atoms with Crippen LogP contribution in [0.15, 0.2) is 24.3 Å². The van der Waals surface area contributed by atoms with Gasteiger partial charge in [-0.25, -0.2) is 0 Å². The highest BCUT2D eigenvalue weighted by atomic mass is 16.5. The van der Waals surface area contributed by atoms with Crippen molar-refractivity contribution in [2.24, 2.45) is 5.92 Å². The van der Waals surface area contributed by atoms with E-state index in [0.29, 0.717) is 5.92 Å². The van der Waals surface area contributed by atoms with Gasteiger partial charge in [-0.05, 0) is 49.4 Å². The molecular formula is C17H25NO3. The van der Waals surface area contributed by atoms with Crippen LogP contribution < -0.4 is 4.74 Å². The Hall–Kier alpha value is -1.55. The number of piperidine rings is 1. The Morgan fingerprint density at radius 3 is 2.71 bits per heavy atom. The number of carbonyl (C=O) groups is 1. The minimum Gasteiger partial charge on any atom is -0.497 e. The van der Waals surface area contributed by atoms with Crippen LogP contribution >= 0.6 is 0 Å². The molecule has 2 atom stereocenters. The third-order valence-electron chi connectivity index (χ3n) is 4.25. The van der Waals surface area contributed by atoms with Crippen LogP contribution in [0.2, 0.25) is 0 Å². The van der Waals surface area contributed by atoms with Crippen molar-refractivity contribution >= 4 is 5.97 Å². The van der Waals surface area contributed by atoms with Crippen LogP contribution in [0.3, 0.4) is 0 Å². The number of rotatable bonds is 6. The molecule has 4 nitrogen and oxygen atoms in total. The van der Waals surface area contributed by atoms with E-state index in [1.54, 1.807) is 7.11 Å². The van der Waals surface area contributed by atoms with Gasteiger partial charge in [0.1, 0.15) is 5.75 Å². The van der Waals surface area contributed by atoms with Gasteiger partial charge in [-0.15, -0.1) is 0 Å². The zero-order valence-corrected chi connectivity index (χ0v) is 12.9. The van der Waals surface area contributed by atoms with Gasteiger partial charge in [0, 0.05) is 12.6 Å². The highest BCUT2D eigenvalue weighted by molar-refractivity contribution is 5.67. The normalized spacial score (nSPS) is 21.0. The number of methoxy groups -OCH3 is 1. The first-order valence-corrected chi connectivity index (χ1v) is 7.67. The molecule has 2 rings (SSSR count). The largest absolute Gasteiger partial charge is 0.497 e. The van der Waals surface area contributed by atoms with Crippen molar-refractivity contribution in [3.8, 4) is 5.75 Å². The molecule has 0 radical (unpaired) electrons. The molecule has 0 spiro atoms. The van der Waals surface area contributed by atoms with E-state index in [1.165, 1.54) is 18.4 Å². The van der Waals surface area contributed by atoms with Crippen LogP contribution in [0.4, 0.5) is 0 Å². The predicted octanol–water partition coefficient (Wildman–Crippen LogP) is 2.81. The molecule has 0 saturated carbocycles. The maximum absolute atomic E-state index is 11.2. The number of carboxylic acid groups (broad SMARTS) is 1. The van der Waals surface area contributed by atoms with Crippen LogP contribution in [0.25, 0.3) is 0 Å². The lowest BCUT2D eigenvalue weighted by molar-refractivity contribution is -0.138. The Morgan fingerprint density at radius 2 is 2.14 bits per heavy atom. The maximum Gasteiger partial charge on any atom is 0.304 e. The molecule has 0 aliphatic carbocycles. The van der Waals surface area contributed by atoms with Crippen LogP contribution in [-0.2, 0) is 11.2 Å². The second-order valence-corrected chi connectivity index (χ2v) is 6.05. The molecule has 1 saturated heterocycles. The first-order chi connectivity index (χ1) is 10.1. The highest BCUT2D eigenvalue weighted by Gasteiger charge is 2.25. The van der Waals surface area contributed by atoms with Gasteiger partial charge in [0.2, 0.25) is 0 Å². The van der Waals surface area contributed by atoms with E-state index >= 15 is 0 Å². The average Bonchev–Trinajstić information content (AvgIpc) is 2.47. The molecule has 0 amide bonds. The highest BCUT2D eigenvalue weighted by Crippen LogP contribution is 2.22. The number of benzene rings is 1. The van der Waals surface area contributed by atoms with Gasteiger partial charge in [0.25, 0.3) is 0 Å². The summed E-state index contributed by atoms with van der Waals surface area (Å²) in [6, 6.07) is 8.01. The van der Waals surface area contributed by atoms with E-state index < -0.39 is 5.97 Å². The molecule has 4 heteroatoms. The molecule has 1 aliphatic heterocycles. The Kier molecular flexibility index (Phi) is 5.62. The molecule has 1 N–H and O–H groups in total. The monoisotopic (exact) mass is 291 g/mol. The molecule has 116 valence electrons. The lowest BCUT2D eigenvalue weighted by atomic mass is 9.95. The number of carboxylic acids is 1. The number of nitrogens with zero attached hydrogens (tertiary/aromatic N) is 1. The molecule has 2 unspecified atom stereocenters. The molecule has 1 aliphatic rings. The van der Waals surface area contributed by atoms with E-state index in [1.807, 2.05) is 24.3 Å². The summed E-state index contributed by atoms with van der Waals surface area (Å²) in [5.41, 5.74) is 1.17. The van der Waals surface area contributed by atoms with Gasteiger partial charge >= 0.3 is 5.97 Å². The van der Waals surface area contributed by atoms with Gasteiger partial charge < -0.3 is 9.84 Å². The number of hydrogen-bond donors (Lipinski definition) is 1. The minimum atomic E-state index is -0.716. The number of ether oxygens (including phenoxy) is 1. The number of likely N-dealkylation sites (tertiary alicyclic amines) is 1. The summed E-state index contributed by atoms with van der Waals surface area (Å²) in [5, 5.41) is 9.19. The quantitative estimate of drug-likeness (QED) is 0.875. The van der Waals surface area contributed by atoms with Crippen molar-refractivity contribution in [2.75, 3.05) is 20.2 Å². The lowest BCUT2D eigenvalue weighted by Gasteiger charge is -2.36. The average molecular weight is 291 g/mol. The van der Waals surface area contributed by atoms with Gasteiger partial charge in [0.15, 0.2) is 0 Å². The topological polar surface area (TPSA) is 49.8 Å². The molecule has 1 aromatic rings. The molecule has 21 heavy (non-hydrogen) atoms. The first kappa shape index (κ1) is 15.8. The van der Waals surface area contributed by atoms with Crippen LogP contribution in [0, 0.1) is 5.92 Å². The van der Waals surface area contributed by atoms with Gasteiger partial charge in [-0.1, -0.05) is 19.1 Å². The van der Waals surface area contributed by atoms with Crippen molar-refractivity contribution in [3.63, 3.8) is 0 Å². The standard InChI is InChI=1S/C17H25NO3/c1-13-4-3-9-18(12-13)15(11-17(19)20)10-14-5-7-16(21-2)8-6-14/h5-8,13,15H,3-4,9-12H2,1-2H3,(H,19,20). The molecule has 1 heterocycles.